The highest BCUT2D eigenvalue weighted by molar-refractivity contribution is 7.99. The molecule has 0 bridgehead atoms. The number of nitrogens with two attached hydrogens (primary N) is 2. The average Bonchev–Trinajstić information content (AvgIpc) is 3.22. The second-order valence-electron chi connectivity index (χ2n) is 11.8. The summed E-state index contributed by atoms with van der Waals surface area (Å²) in [6, 6.07) is 7.78. The summed E-state index contributed by atoms with van der Waals surface area (Å²) in [5.41, 5.74) is 14.2. The zero-order valence-corrected chi connectivity index (χ0v) is 28.4. The number of nitrogens with one attached hydrogen (secondary N) is 3. The highest BCUT2D eigenvalue weighted by Gasteiger charge is 2.29. The van der Waals surface area contributed by atoms with E-state index in [4.69, 9.17) is 33.2 Å². The van der Waals surface area contributed by atoms with Gasteiger partial charge in [0.2, 0.25) is 11.8 Å². The topological polar surface area (TPSA) is 216 Å². The van der Waals surface area contributed by atoms with Gasteiger partial charge in [0, 0.05) is 59.5 Å². The van der Waals surface area contributed by atoms with Crippen LogP contribution in [0.1, 0.15) is 37.7 Å². The fourth-order valence-electron chi connectivity index (χ4n) is 5.31. The Morgan fingerprint density at radius 3 is 2.44 bits per heavy atom. The summed E-state index contributed by atoms with van der Waals surface area (Å²) in [4.78, 5) is 59.7. The summed E-state index contributed by atoms with van der Waals surface area (Å²) < 4.78 is 0. The fourth-order valence-corrected chi connectivity index (χ4v) is 6.67. The van der Waals surface area contributed by atoms with Crippen LogP contribution in [0.2, 0.25) is 5.02 Å². The smallest absolute Gasteiger partial charge is 0.326 e. The summed E-state index contributed by atoms with van der Waals surface area (Å²) in [5.74, 6) is -2.92. The van der Waals surface area contributed by atoms with Crippen molar-refractivity contribution in [2.75, 3.05) is 50.8 Å². The number of hydrogen-bond acceptors (Lipinski definition) is 11. The Morgan fingerprint density at radius 2 is 1.75 bits per heavy atom. The lowest BCUT2D eigenvalue weighted by atomic mass is 10.1. The van der Waals surface area contributed by atoms with Crippen LogP contribution in [0, 0.1) is 0 Å². The molecule has 260 valence electrons. The number of carbonyl (C=O) groups excluding carboxylic acids is 2. The van der Waals surface area contributed by atoms with Crippen molar-refractivity contribution < 1.29 is 29.4 Å². The number of aliphatic carboxylic acids is 2. The third kappa shape index (κ3) is 10.1. The van der Waals surface area contributed by atoms with Gasteiger partial charge in [0.1, 0.15) is 24.0 Å². The van der Waals surface area contributed by atoms with E-state index >= 15 is 0 Å². The number of carboxylic acid groups (broad SMARTS) is 2. The number of para-hydroxylation sites is 1. The van der Waals surface area contributed by atoms with E-state index < -0.39 is 41.9 Å². The van der Waals surface area contributed by atoms with Crippen LogP contribution in [0.15, 0.2) is 46.3 Å². The van der Waals surface area contributed by atoms with Crippen molar-refractivity contribution in [3.8, 4) is 0 Å². The third-order valence-electron chi connectivity index (χ3n) is 8.12. The third-order valence-corrected chi connectivity index (χ3v) is 9.47. The van der Waals surface area contributed by atoms with Crippen molar-refractivity contribution in [3.05, 3.63) is 47.0 Å². The first-order valence-electron chi connectivity index (χ1n) is 15.8. The Labute approximate surface area is 288 Å². The van der Waals surface area contributed by atoms with Gasteiger partial charge < -0.3 is 47.4 Å². The Hall–Kier alpha value is -3.89. The largest absolute Gasteiger partial charge is 0.480 e. The maximum absolute atomic E-state index is 13.5. The molecular formula is C32H43ClN8O6S. The van der Waals surface area contributed by atoms with Gasteiger partial charge in [-0.1, -0.05) is 23.7 Å². The number of halogens is 1. The molecular weight excluding hydrogens is 660 g/mol. The van der Waals surface area contributed by atoms with E-state index in [1.54, 1.807) is 12.1 Å². The van der Waals surface area contributed by atoms with Gasteiger partial charge in [-0.3, -0.25) is 14.4 Å². The van der Waals surface area contributed by atoms with Gasteiger partial charge in [0.15, 0.2) is 0 Å². The molecule has 0 radical (unpaired) electrons. The number of rotatable bonds is 15. The molecule has 16 heteroatoms. The number of hydrogen-bond donors (Lipinski definition) is 7. The Kier molecular flexibility index (Phi) is 13.5. The molecule has 0 aromatic heterocycles. The molecule has 9 N–H and O–H groups in total. The number of carboxylic acids is 2. The maximum atomic E-state index is 13.5. The number of piperazine rings is 1. The van der Waals surface area contributed by atoms with Crippen LogP contribution in [-0.4, -0.2) is 113 Å². The minimum absolute atomic E-state index is 0.00281. The normalized spacial score (nSPS) is 16.2. The summed E-state index contributed by atoms with van der Waals surface area (Å²) >= 11 is 7.85. The molecule has 1 fully saturated rings. The fraction of sp³-hybridized carbons (Fsp3) is 0.469. The van der Waals surface area contributed by atoms with Crippen LogP contribution < -0.4 is 27.4 Å². The molecule has 2 aromatic rings. The summed E-state index contributed by atoms with van der Waals surface area (Å²) in [7, 11) is 2.09. The van der Waals surface area contributed by atoms with Crippen LogP contribution in [-0.2, 0) is 19.2 Å². The quantitative estimate of drug-likeness (QED) is 0.105. The molecule has 2 aliphatic heterocycles. The van der Waals surface area contributed by atoms with Crippen molar-refractivity contribution >= 4 is 70.0 Å². The lowest BCUT2D eigenvalue weighted by Crippen LogP contribution is -2.52. The molecule has 1 saturated heterocycles. The summed E-state index contributed by atoms with van der Waals surface area (Å²) in [6.45, 7) is 3.78. The number of carbonyl (C=O) groups is 4. The molecule has 14 nitrogen and oxygen atoms in total. The number of anilines is 2. The Bertz CT molecular complexity index is 1520. The van der Waals surface area contributed by atoms with Gasteiger partial charge in [-0.2, -0.15) is 0 Å². The van der Waals surface area contributed by atoms with Crippen molar-refractivity contribution in [3.63, 3.8) is 0 Å². The van der Waals surface area contributed by atoms with E-state index in [9.17, 15) is 24.3 Å². The number of likely N-dealkylation sites (N-methyl/N-ethyl adjacent to an activating group) is 1. The van der Waals surface area contributed by atoms with E-state index in [0.29, 0.717) is 40.7 Å². The number of nitrogens with zero attached hydrogens (tertiary/aromatic N) is 3. The van der Waals surface area contributed by atoms with Crippen molar-refractivity contribution in [1.29, 1.82) is 0 Å². The van der Waals surface area contributed by atoms with Crippen LogP contribution in [0.5, 0.6) is 0 Å². The molecule has 2 heterocycles. The van der Waals surface area contributed by atoms with Crippen molar-refractivity contribution in [1.82, 2.24) is 20.4 Å². The van der Waals surface area contributed by atoms with Gasteiger partial charge in [-0.25, -0.2) is 9.79 Å². The molecule has 0 spiro atoms. The predicted octanol–water partition coefficient (Wildman–Crippen LogP) is 2.19. The first kappa shape index (κ1) is 36.9. The second-order valence-corrected chi connectivity index (χ2v) is 13.3. The van der Waals surface area contributed by atoms with Gasteiger partial charge in [-0.15, -0.1) is 11.8 Å². The molecule has 0 aliphatic carbocycles. The zero-order valence-electron chi connectivity index (χ0n) is 26.8. The van der Waals surface area contributed by atoms with Crippen LogP contribution in [0.4, 0.5) is 17.1 Å². The number of thioether (sulfide) groups is 1. The molecule has 2 amide bonds. The van der Waals surface area contributed by atoms with Gasteiger partial charge in [0.05, 0.1) is 11.4 Å². The SMILES string of the molecule is CN1CCN(C2=Nc3cc(Cl)cc(SCC(NC(=O)CCC(N)C(=O)O)C(=O)NC(CCCCN)C(=O)O)c3Nc3ccccc32)CC1. The molecule has 48 heavy (non-hydrogen) atoms. The van der Waals surface area contributed by atoms with Gasteiger partial charge >= 0.3 is 11.9 Å². The van der Waals surface area contributed by atoms with Gasteiger partial charge in [0.25, 0.3) is 0 Å². The van der Waals surface area contributed by atoms with E-state index in [-0.39, 0.29) is 25.0 Å². The number of amidine groups is 1. The number of amides is 2. The minimum atomic E-state index is -1.25. The molecule has 4 rings (SSSR count). The molecule has 2 aromatic carbocycles. The second kappa shape index (κ2) is 17.5. The average molecular weight is 703 g/mol. The zero-order chi connectivity index (χ0) is 34.8. The van der Waals surface area contributed by atoms with E-state index in [2.05, 4.69) is 32.8 Å². The van der Waals surface area contributed by atoms with E-state index in [0.717, 1.165) is 43.3 Å². The summed E-state index contributed by atoms with van der Waals surface area (Å²) in [5, 5.41) is 28.0. The summed E-state index contributed by atoms with van der Waals surface area (Å²) in [6.07, 6.45) is 0.867. The van der Waals surface area contributed by atoms with Crippen LogP contribution in [0.3, 0.4) is 0 Å². The molecule has 3 atom stereocenters. The molecule has 2 aliphatic rings. The van der Waals surface area contributed by atoms with E-state index in [1.165, 1.54) is 11.8 Å². The molecule has 3 unspecified atom stereocenters. The Morgan fingerprint density at radius 1 is 1.02 bits per heavy atom. The van der Waals surface area contributed by atoms with Crippen LogP contribution in [0.25, 0.3) is 0 Å². The Balaban J connectivity index is 1.61. The standard InChI is InChI=1S/C32H43ClN8O6S/c1-40-12-14-41(15-13-40)29-20-6-2-3-7-22(20)37-28-24(38-29)16-19(33)17-26(28)48-18-25(36-27(42)10-9-21(35)31(44)45)30(43)39-23(32(46)47)8-4-5-11-34/h2-3,6-7,16-17,21,23,25,37H,4-5,8-15,18,34-35H2,1H3,(H,36,42)(H,39,43)(H,44,45)(H,46,47). The first-order chi connectivity index (χ1) is 23.0. The highest BCUT2D eigenvalue weighted by Crippen LogP contribution is 2.43. The number of unbranched alkanes of at least 4 members (excludes halogenated alkanes) is 1. The number of fused-ring (bicyclic) bond motifs is 2. The predicted molar refractivity (Wildman–Crippen MR) is 186 cm³/mol. The maximum Gasteiger partial charge on any atom is 0.326 e. The lowest BCUT2D eigenvalue weighted by Gasteiger charge is -2.34. The monoisotopic (exact) mass is 702 g/mol. The lowest BCUT2D eigenvalue weighted by molar-refractivity contribution is -0.142. The van der Waals surface area contributed by atoms with Crippen molar-refractivity contribution in [2.24, 2.45) is 16.5 Å². The van der Waals surface area contributed by atoms with Gasteiger partial charge in [-0.05, 0) is 63.5 Å². The number of benzene rings is 2. The molecule has 0 saturated carbocycles. The van der Waals surface area contributed by atoms with Crippen LogP contribution >= 0.6 is 23.4 Å². The highest BCUT2D eigenvalue weighted by atomic mass is 35.5. The van der Waals surface area contributed by atoms with E-state index in [1.807, 2.05) is 24.3 Å². The first-order valence-corrected chi connectivity index (χ1v) is 17.2. The van der Waals surface area contributed by atoms with Crippen molar-refractivity contribution in [2.45, 2.75) is 55.1 Å². The number of aliphatic imine (C=N–C) groups is 1. The minimum Gasteiger partial charge on any atom is -0.480 e.